The fourth-order valence-electron chi connectivity index (χ4n) is 1.91. The molecule has 0 spiro atoms. The predicted octanol–water partition coefficient (Wildman–Crippen LogP) is 7.19. The van der Waals surface area contributed by atoms with Gasteiger partial charge in [0.15, 0.2) is 46.5 Å². The molecule has 0 radical (unpaired) electrons. The molecular weight excluding hydrogens is 514 g/mol. The topological polar surface area (TPSA) is 9.23 Å². The van der Waals surface area contributed by atoms with Gasteiger partial charge < -0.3 is 0 Å². The van der Waals surface area contributed by atoms with E-state index in [-0.39, 0.29) is 0 Å². The molecule has 0 heterocycles. The van der Waals surface area contributed by atoms with Crippen molar-refractivity contribution in [3.8, 4) is 0 Å². The zero-order valence-electron chi connectivity index (χ0n) is 13.5. The van der Waals surface area contributed by atoms with Crippen molar-refractivity contribution in [2.24, 2.45) is 0 Å². The van der Waals surface area contributed by atoms with Crippen LogP contribution in [-0.2, 0) is 14.1 Å². The van der Waals surface area contributed by atoms with Crippen molar-refractivity contribution in [3.05, 3.63) is 69.3 Å². The van der Waals surface area contributed by atoms with Gasteiger partial charge in [-0.05, 0) is 0 Å². The van der Waals surface area contributed by atoms with E-state index in [0.29, 0.717) is 0 Å². The predicted molar refractivity (Wildman–Crippen MR) is 76.5 cm³/mol. The Morgan fingerprint density at radius 1 is 0.387 bits per heavy atom. The van der Waals surface area contributed by atoms with Gasteiger partial charge in [-0.25, -0.2) is 47.5 Å². The molecule has 0 N–H and O–H groups in total. The maximum absolute atomic E-state index is 13.8. The van der Waals surface area contributed by atoms with Gasteiger partial charge in [0.1, 0.15) is 11.1 Å². The van der Waals surface area contributed by atoms with Crippen molar-refractivity contribution in [2.45, 2.75) is 10.5 Å². The van der Waals surface area contributed by atoms with E-state index in [0.717, 1.165) is 0 Å². The zero-order chi connectivity index (χ0) is 24.0. The van der Waals surface area contributed by atoms with Crippen LogP contribution in [0.1, 0.15) is 11.1 Å². The highest BCUT2D eigenvalue weighted by atomic mass is 32.2. The van der Waals surface area contributed by atoms with E-state index >= 15 is 0 Å². The first-order valence-corrected chi connectivity index (χ1v) is 8.37. The van der Waals surface area contributed by atoms with Crippen LogP contribution in [0.15, 0.2) is 0 Å². The Balaban J connectivity index is 2.34. The maximum Gasteiger partial charge on any atom is 0.350 e. The Labute approximate surface area is 169 Å². The minimum Gasteiger partial charge on any atom is -0.234 e. The van der Waals surface area contributed by atoms with Crippen molar-refractivity contribution in [1.82, 2.24) is 0 Å². The molecule has 1 nitrogen and oxygen atoms in total. The monoisotopic (exact) mass is 514 g/mol. The van der Waals surface area contributed by atoms with Crippen LogP contribution >= 0.6 is 24.1 Å². The van der Waals surface area contributed by atoms with Gasteiger partial charge >= 0.3 is 10.5 Å². The molecule has 0 amide bonds. The summed E-state index contributed by atoms with van der Waals surface area (Å²) >= 11 is -3.33. The lowest BCUT2D eigenvalue weighted by Crippen LogP contribution is -2.20. The van der Waals surface area contributed by atoms with Gasteiger partial charge in [0, 0.05) is 0 Å². The lowest BCUT2D eigenvalue weighted by molar-refractivity contribution is 0.0807. The Hall–Kier alpha value is -1.88. The molecular formula is C14F14OS2. The van der Waals surface area contributed by atoms with Crippen LogP contribution in [-0.4, -0.2) is 0 Å². The van der Waals surface area contributed by atoms with Gasteiger partial charge in [-0.1, -0.05) is 0 Å². The first kappa shape index (κ1) is 25.4. The van der Waals surface area contributed by atoms with Crippen molar-refractivity contribution in [3.63, 3.8) is 0 Å². The third-order valence-electron chi connectivity index (χ3n) is 3.28. The third-order valence-corrected chi connectivity index (χ3v) is 4.65. The van der Waals surface area contributed by atoms with Gasteiger partial charge in [-0.2, -0.15) is 17.6 Å². The average Bonchev–Trinajstić information content (AvgIpc) is 2.67. The van der Waals surface area contributed by atoms with Crippen LogP contribution in [0.2, 0.25) is 0 Å². The summed E-state index contributed by atoms with van der Waals surface area (Å²) in [5.74, 6) is -29.1. The summed E-state index contributed by atoms with van der Waals surface area (Å²) in [7, 11) is 0. The summed E-state index contributed by atoms with van der Waals surface area (Å²) in [6.45, 7) is 0. The van der Waals surface area contributed by atoms with Crippen LogP contribution < -0.4 is 0 Å². The van der Waals surface area contributed by atoms with Crippen molar-refractivity contribution in [2.75, 3.05) is 0 Å². The van der Waals surface area contributed by atoms with Gasteiger partial charge in [-0.15, -0.1) is 0 Å². The second-order valence-corrected chi connectivity index (χ2v) is 7.06. The molecule has 0 aliphatic rings. The Kier molecular flexibility index (Phi) is 7.02. The van der Waals surface area contributed by atoms with E-state index in [1.807, 2.05) is 0 Å². The first-order chi connectivity index (χ1) is 14.1. The van der Waals surface area contributed by atoms with Gasteiger partial charge in [0.25, 0.3) is 0 Å². The molecule has 2 aromatic rings. The number of hydrogen-bond donors (Lipinski definition) is 0. The van der Waals surface area contributed by atoms with Crippen molar-refractivity contribution in [1.29, 1.82) is 0 Å². The zero-order valence-corrected chi connectivity index (χ0v) is 15.1. The van der Waals surface area contributed by atoms with Gasteiger partial charge in [0.2, 0.25) is 11.6 Å². The second-order valence-electron chi connectivity index (χ2n) is 5.16. The van der Waals surface area contributed by atoms with Crippen molar-refractivity contribution < 1.29 is 65.1 Å². The molecule has 2 rings (SSSR count). The molecule has 17 heteroatoms. The van der Waals surface area contributed by atoms with E-state index in [1.54, 1.807) is 0 Å². The van der Waals surface area contributed by atoms with Crippen LogP contribution in [0.4, 0.5) is 61.5 Å². The normalized spacial score (nSPS) is 12.6. The molecule has 0 atom stereocenters. The van der Waals surface area contributed by atoms with Crippen LogP contribution in [0, 0.1) is 58.2 Å². The molecule has 0 aromatic heterocycles. The second kappa shape index (κ2) is 8.57. The maximum atomic E-state index is 13.8. The third kappa shape index (κ3) is 4.39. The minimum atomic E-state index is -5.26. The average molecular weight is 514 g/mol. The summed E-state index contributed by atoms with van der Waals surface area (Å²) in [6, 6.07) is 0. The van der Waals surface area contributed by atoms with E-state index in [1.165, 1.54) is 0 Å². The molecule has 0 fully saturated rings. The minimum absolute atomic E-state index is 1.66. The van der Waals surface area contributed by atoms with E-state index < -0.39 is 104 Å². The molecule has 2 aromatic carbocycles. The highest BCUT2D eigenvalue weighted by Gasteiger charge is 2.48. The number of alkyl halides is 4. The van der Waals surface area contributed by atoms with Gasteiger partial charge in [-0.3, -0.25) is 0 Å². The first-order valence-electron chi connectivity index (χ1n) is 6.89. The van der Waals surface area contributed by atoms with Gasteiger partial charge in [0.05, 0.1) is 24.1 Å². The Morgan fingerprint density at radius 2 is 0.581 bits per heavy atom. The molecule has 172 valence electrons. The summed E-state index contributed by atoms with van der Waals surface area (Å²) in [5, 5.41) is -10.5. The lowest BCUT2D eigenvalue weighted by Gasteiger charge is -2.20. The standard InChI is InChI=1S/C14F14OS2/c15-3-1(4(16)8(20)11(23)7(3)19)13(25,26)30-29-31-14(27,28)2-5(17)9(21)12(24)10(22)6(2)18. The smallest absolute Gasteiger partial charge is 0.234 e. The fraction of sp³-hybridized carbons (Fsp3) is 0.143. The Morgan fingerprint density at radius 3 is 0.806 bits per heavy atom. The lowest BCUT2D eigenvalue weighted by atomic mass is 10.1. The molecule has 0 aliphatic carbocycles. The van der Waals surface area contributed by atoms with E-state index in [2.05, 4.69) is 3.63 Å². The quantitative estimate of drug-likeness (QED) is 0.175. The molecule has 0 unspecified atom stereocenters. The summed E-state index contributed by atoms with van der Waals surface area (Å²) in [6.07, 6.45) is 0. The molecule has 0 aliphatic heterocycles. The number of benzene rings is 2. The highest BCUT2D eigenvalue weighted by Crippen LogP contribution is 2.51. The van der Waals surface area contributed by atoms with E-state index in [4.69, 9.17) is 0 Å². The van der Waals surface area contributed by atoms with E-state index in [9.17, 15) is 61.5 Å². The summed E-state index contributed by atoms with van der Waals surface area (Å²) in [4.78, 5) is 0. The fourth-order valence-corrected chi connectivity index (χ4v) is 3.25. The molecule has 31 heavy (non-hydrogen) atoms. The van der Waals surface area contributed by atoms with Crippen LogP contribution in [0.25, 0.3) is 0 Å². The summed E-state index contributed by atoms with van der Waals surface area (Å²) < 4.78 is 190. The molecule has 0 saturated carbocycles. The van der Waals surface area contributed by atoms with Crippen LogP contribution in [0.3, 0.4) is 0 Å². The van der Waals surface area contributed by atoms with Crippen LogP contribution in [0.5, 0.6) is 0 Å². The Bertz CT molecular complexity index is 901. The number of halogens is 14. The van der Waals surface area contributed by atoms with Crippen molar-refractivity contribution >= 4 is 24.1 Å². The molecule has 0 saturated heterocycles. The number of rotatable bonds is 6. The highest BCUT2D eigenvalue weighted by molar-refractivity contribution is 8.08. The number of hydrogen-bond acceptors (Lipinski definition) is 3. The SMILES string of the molecule is Fc1c(F)c(F)c(C(F)(F)SOSC(F)(F)c2c(F)c(F)c(F)c(F)c2F)c(F)c1F. The molecule has 0 bridgehead atoms. The summed E-state index contributed by atoms with van der Waals surface area (Å²) in [5.41, 5.74) is -5.62. The largest absolute Gasteiger partial charge is 0.350 e.